The molecule has 6 atom stereocenters. The zero-order valence-corrected chi connectivity index (χ0v) is 26.7. The molecule has 4 aromatic carbocycles. The van der Waals surface area contributed by atoms with Gasteiger partial charge in [0.1, 0.15) is 5.75 Å². The predicted molar refractivity (Wildman–Crippen MR) is 180 cm³/mol. The van der Waals surface area contributed by atoms with Crippen molar-refractivity contribution in [2.75, 3.05) is 9.80 Å². The van der Waals surface area contributed by atoms with E-state index in [4.69, 9.17) is 11.6 Å². The third-order valence-corrected chi connectivity index (χ3v) is 11.0. The van der Waals surface area contributed by atoms with E-state index in [0.717, 1.165) is 10.5 Å². The zero-order valence-electron chi connectivity index (χ0n) is 25.9. The van der Waals surface area contributed by atoms with Crippen molar-refractivity contribution in [2.24, 2.45) is 23.7 Å². The van der Waals surface area contributed by atoms with Crippen LogP contribution < -0.4 is 9.80 Å². The molecular formula is C39H29ClN2O7. The molecule has 2 aliphatic carbocycles. The standard InChI is InChI=1S/C39H29ClN2O7/c40-24-11-6-13-26(19-24)42-35(45)31-20-30-28(15-16-29-32(30)36(46)41(34(29)44)25-12-4-8-22(17-25)37(47)48)33(21-7-5-14-27(43)18-21)39(31,38(42)49)23-9-2-1-3-10-23/h1-15,17-19,29-33,43H,16,20H2,(H,47,48)/t29-,30+,31-,32-,33-,39+/m0/s1. The van der Waals surface area contributed by atoms with Gasteiger partial charge in [-0.05, 0) is 78.4 Å². The number of carbonyl (C=O) groups is 5. The average Bonchev–Trinajstić information content (AvgIpc) is 3.49. The van der Waals surface area contributed by atoms with Crippen LogP contribution in [-0.2, 0) is 24.6 Å². The van der Waals surface area contributed by atoms with Crippen LogP contribution in [0.25, 0.3) is 0 Å². The van der Waals surface area contributed by atoms with Gasteiger partial charge in [0, 0.05) is 10.9 Å². The quantitative estimate of drug-likeness (QED) is 0.193. The summed E-state index contributed by atoms with van der Waals surface area (Å²) in [6.07, 6.45) is 2.26. The highest BCUT2D eigenvalue weighted by atomic mass is 35.5. The lowest BCUT2D eigenvalue weighted by molar-refractivity contribution is -0.127. The van der Waals surface area contributed by atoms with Gasteiger partial charge in [-0.15, -0.1) is 0 Å². The first-order valence-electron chi connectivity index (χ1n) is 16.0. The second kappa shape index (κ2) is 11.3. The summed E-state index contributed by atoms with van der Waals surface area (Å²) in [7, 11) is 0. The maximum atomic E-state index is 15.2. The average molecular weight is 673 g/mol. The van der Waals surface area contributed by atoms with Crippen molar-refractivity contribution in [1.82, 2.24) is 0 Å². The summed E-state index contributed by atoms with van der Waals surface area (Å²) in [5.41, 5.74) is 0.960. The van der Waals surface area contributed by atoms with Crippen molar-refractivity contribution >= 4 is 52.6 Å². The molecule has 4 amide bonds. The molecule has 0 radical (unpaired) electrons. The number of phenols is 1. The van der Waals surface area contributed by atoms with Crippen LogP contribution in [0.2, 0.25) is 5.02 Å². The van der Waals surface area contributed by atoms with Crippen molar-refractivity contribution in [3.63, 3.8) is 0 Å². The number of carbonyl (C=O) groups excluding carboxylic acids is 4. The molecule has 4 aliphatic rings. The van der Waals surface area contributed by atoms with Crippen LogP contribution in [0.5, 0.6) is 5.75 Å². The van der Waals surface area contributed by atoms with E-state index in [2.05, 4.69) is 0 Å². The van der Waals surface area contributed by atoms with Crippen LogP contribution in [-0.4, -0.2) is 39.8 Å². The molecule has 49 heavy (non-hydrogen) atoms. The Labute approximate surface area is 286 Å². The van der Waals surface area contributed by atoms with Gasteiger partial charge in [0.05, 0.1) is 40.1 Å². The van der Waals surface area contributed by atoms with Crippen LogP contribution in [0.15, 0.2) is 115 Å². The number of imide groups is 2. The number of amides is 4. The molecule has 4 aromatic rings. The smallest absolute Gasteiger partial charge is 0.335 e. The van der Waals surface area contributed by atoms with Crippen molar-refractivity contribution < 1.29 is 34.2 Å². The fourth-order valence-corrected chi connectivity index (χ4v) is 9.04. The number of carboxylic acid groups (broad SMARTS) is 1. The summed E-state index contributed by atoms with van der Waals surface area (Å²) in [4.78, 5) is 72.3. The lowest BCUT2D eigenvalue weighted by atomic mass is 9.49. The molecule has 1 saturated carbocycles. The summed E-state index contributed by atoms with van der Waals surface area (Å²) in [6, 6.07) is 28.1. The molecule has 8 rings (SSSR count). The second-order valence-electron chi connectivity index (χ2n) is 13.1. The van der Waals surface area contributed by atoms with Crippen molar-refractivity contribution in [3.8, 4) is 5.75 Å². The van der Waals surface area contributed by atoms with E-state index in [0.29, 0.717) is 21.8 Å². The maximum Gasteiger partial charge on any atom is 0.335 e. The van der Waals surface area contributed by atoms with E-state index in [1.165, 1.54) is 35.2 Å². The highest BCUT2D eigenvalue weighted by molar-refractivity contribution is 6.32. The number of anilines is 2. The van der Waals surface area contributed by atoms with Gasteiger partial charge in [0.2, 0.25) is 23.6 Å². The number of nitrogens with zero attached hydrogens (tertiary/aromatic N) is 2. The maximum absolute atomic E-state index is 15.2. The SMILES string of the molecule is O=C(O)c1cccc(N2C(=O)[C@H]3[C@H](CC=C4[C@H]3C[C@H]3C(=O)N(c5cccc(Cl)c5)C(=O)[C@@]3(c3ccccc3)[C@H]4c3cccc(O)c3)C2=O)c1. The molecule has 0 unspecified atom stereocenters. The van der Waals surface area contributed by atoms with E-state index < -0.39 is 64.6 Å². The van der Waals surface area contributed by atoms with E-state index in [-0.39, 0.29) is 29.8 Å². The molecule has 9 nitrogen and oxygen atoms in total. The fraction of sp³-hybridized carbons (Fsp3) is 0.205. The highest BCUT2D eigenvalue weighted by Crippen LogP contribution is 2.64. The van der Waals surface area contributed by atoms with Crippen LogP contribution in [0.1, 0.15) is 40.2 Å². The Hall–Kier alpha value is -5.54. The molecule has 2 N–H and O–H groups in total. The van der Waals surface area contributed by atoms with Gasteiger partial charge in [-0.3, -0.25) is 24.1 Å². The lowest BCUT2D eigenvalue weighted by Gasteiger charge is -2.50. The number of benzene rings is 4. The minimum absolute atomic E-state index is 0.0197. The summed E-state index contributed by atoms with van der Waals surface area (Å²) in [6.45, 7) is 0. The molecule has 0 bridgehead atoms. The molecule has 10 heteroatoms. The Morgan fingerprint density at radius 1 is 0.755 bits per heavy atom. The Morgan fingerprint density at radius 3 is 2.18 bits per heavy atom. The van der Waals surface area contributed by atoms with E-state index in [1.807, 2.05) is 42.5 Å². The van der Waals surface area contributed by atoms with Crippen LogP contribution in [0.4, 0.5) is 11.4 Å². The minimum Gasteiger partial charge on any atom is -0.508 e. The summed E-state index contributed by atoms with van der Waals surface area (Å²) in [5.74, 6) is -6.90. The number of halogens is 1. The van der Waals surface area contributed by atoms with E-state index in [9.17, 15) is 29.4 Å². The molecule has 244 valence electrons. The number of hydrogen-bond donors (Lipinski definition) is 2. The number of phenolic OH excluding ortho intramolecular Hbond substituents is 1. The van der Waals surface area contributed by atoms with Gasteiger partial charge >= 0.3 is 5.97 Å². The first-order chi connectivity index (χ1) is 23.6. The molecule has 0 spiro atoms. The lowest BCUT2D eigenvalue weighted by Crippen LogP contribution is -2.53. The number of aromatic hydroxyl groups is 1. The second-order valence-corrected chi connectivity index (χ2v) is 13.5. The predicted octanol–water partition coefficient (Wildman–Crippen LogP) is 6.11. The Morgan fingerprint density at radius 2 is 1.47 bits per heavy atom. The number of rotatable bonds is 5. The molecule has 2 aliphatic heterocycles. The summed E-state index contributed by atoms with van der Waals surface area (Å²) < 4.78 is 0. The Bertz CT molecular complexity index is 2130. The molecular weight excluding hydrogens is 644 g/mol. The molecule has 2 heterocycles. The third-order valence-electron chi connectivity index (χ3n) is 10.7. The minimum atomic E-state index is -1.45. The largest absolute Gasteiger partial charge is 0.508 e. The van der Waals surface area contributed by atoms with Gasteiger partial charge < -0.3 is 10.2 Å². The van der Waals surface area contributed by atoms with Crippen LogP contribution >= 0.6 is 11.6 Å². The number of fused-ring (bicyclic) bond motifs is 4. The van der Waals surface area contributed by atoms with Crippen LogP contribution in [0.3, 0.4) is 0 Å². The number of aromatic carboxylic acids is 1. The summed E-state index contributed by atoms with van der Waals surface area (Å²) in [5, 5.41) is 20.7. The van der Waals surface area contributed by atoms with E-state index >= 15 is 4.79 Å². The van der Waals surface area contributed by atoms with Gasteiger partial charge in [0.25, 0.3) is 0 Å². The number of carboxylic acids is 1. The van der Waals surface area contributed by atoms with Crippen molar-refractivity contribution in [1.29, 1.82) is 0 Å². The van der Waals surface area contributed by atoms with Crippen molar-refractivity contribution in [2.45, 2.75) is 24.2 Å². The number of hydrogen-bond acceptors (Lipinski definition) is 6. The monoisotopic (exact) mass is 672 g/mol. The van der Waals surface area contributed by atoms with Gasteiger partial charge in [-0.2, -0.15) is 0 Å². The zero-order chi connectivity index (χ0) is 34.2. The third kappa shape index (κ3) is 4.42. The normalized spacial score (nSPS) is 27.4. The topological polar surface area (TPSA) is 132 Å². The highest BCUT2D eigenvalue weighted by Gasteiger charge is 2.70. The fourth-order valence-electron chi connectivity index (χ4n) is 8.86. The Balaban J connectivity index is 1.33. The number of allylic oxidation sites excluding steroid dienone is 2. The van der Waals surface area contributed by atoms with E-state index in [1.54, 1.807) is 36.4 Å². The summed E-state index contributed by atoms with van der Waals surface area (Å²) >= 11 is 6.35. The Kier molecular flexibility index (Phi) is 7.08. The first kappa shape index (κ1) is 30.8. The molecule has 3 fully saturated rings. The van der Waals surface area contributed by atoms with Gasteiger partial charge in [0.15, 0.2) is 0 Å². The van der Waals surface area contributed by atoms with Gasteiger partial charge in [-0.1, -0.05) is 77.8 Å². The van der Waals surface area contributed by atoms with Gasteiger partial charge in [-0.25, -0.2) is 9.69 Å². The first-order valence-corrected chi connectivity index (χ1v) is 16.4. The van der Waals surface area contributed by atoms with Crippen molar-refractivity contribution in [3.05, 3.63) is 136 Å². The van der Waals surface area contributed by atoms with Crippen LogP contribution in [0, 0.1) is 23.7 Å². The molecule has 2 saturated heterocycles. The molecule has 0 aromatic heterocycles.